The molecule has 2 unspecified atom stereocenters. The molecule has 1 aromatic carbocycles. The minimum absolute atomic E-state index is 0.123. The van der Waals surface area contributed by atoms with E-state index in [0.717, 1.165) is 5.57 Å². The molecule has 2 atom stereocenters. The largest absolute Gasteiger partial charge is 0.391 e. The highest BCUT2D eigenvalue weighted by molar-refractivity contribution is 5.95. The molecule has 3 nitrogen and oxygen atoms in total. The van der Waals surface area contributed by atoms with Crippen LogP contribution in [0, 0.1) is 5.41 Å². The molecule has 0 fully saturated rings. The second kappa shape index (κ2) is 5.90. The number of ketones is 1. The summed E-state index contributed by atoms with van der Waals surface area (Å²) in [6, 6.07) is 9.86. The average Bonchev–Trinajstić information content (AvgIpc) is 2.48. The van der Waals surface area contributed by atoms with Gasteiger partial charge in [0.15, 0.2) is 5.78 Å². The number of Topliss-reactive ketones (excluding diaryl/α,β-unsaturated/α-hetero) is 1. The summed E-state index contributed by atoms with van der Waals surface area (Å²) >= 11 is 0. The first-order valence-electron chi connectivity index (χ1n) is 7.07. The van der Waals surface area contributed by atoms with Crippen LogP contribution < -0.4 is 5.32 Å². The van der Waals surface area contributed by atoms with Crippen LogP contribution in [0.3, 0.4) is 0 Å². The number of allylic oxidation sites excluding steroid dienone is 1. The van der Waals surface area contributed by atoms with E-state index >= 15 is 0 Å². The zero-order valence-electron chi connectivity index (χ0n) is 12.4. The van der Waals surface area contributed by atoms with Crippen molar-refractivity contribution >= 4 is 5.78 Å². The molecule has 1 aromatic rings. The quantitative estimate of drug-likeness (QED) is 0.889. The first kappa shape index (κ1) is 14.9. The van der Waals surface area contributed by atoms with E-state index in [2.05, 4.69) is 5.32 Å². The molecule has 0 amide bonds. The second-order valence-electron chi connectivity index (χ2n) is 6.28. The van der Waals surface area contributed by atoms with Crippen molar-refractivity contribution in [3.05, 3.63) is 47.5 Å². The molecule has 2 N–H and O–H groups in total. The van der Waals surface area contributed by atoms with E-state index in [-0.39, 0.29) is 11.8 Å². The van der Waals surface area contributed by atoms with Crippen LogP contribution in [0.2, 0.25) is 0 Å². The first-order chi connectivity index (χ1) is 9.40. The van der Waals surface area contributed by atoms with Gasteiger partial charge in [-0.25, -0.2) is 0 Å². The molecular formula is C17H23NO2. The maximum Gasteiger partial charge on any atom is 0.158 e. The van der Waals surface area contributed by atoms with Crippen molar-refractivity contribution in [1.29, 1.82) is 0 Å². The number of carbonyl (C=O) groups is 1. The van der Waals surface area contributed by atoms with Crippen LogP contribution >= 0.6 is 0 Å². The van der Waals surface area contributed by atoms with Crippen LogP contribution in [-0.2, 0) is 11.3 Å². The third kappa shape index (κ3) is 3.35. The molecule has 108 valence electrons. The van der Waals surface area contributed by atoms with Crippen LogP contribution in [0.4, 0.5) is 0 Å². The van der Waals surface area contributed by atoms with Gasteiger partial charge in [0.05, 0.1) is 12.1 Å². The fourth-order valence-corrected chi connectivity index (χ4v) is 2.60. The maximum absolute atomic E-state index is 12.0. The highest BCUT2D eigenvalue weighted by atomic mass is 16.3. The Balaban J connectivity index is 2.13. The smallest absolute Gasteiger partial charge is 0.158 e. The SMILES string of the molecule is CC1=CC(NCc2ccccc2)C(O)C(C)(C)CC1=O. The molecule has 0 saturated carbocycles. The zero-order valence-corrected chi connectivity index (χ0v) is 12.4. The molecule has 0 aromatic heterocycles. The van der Waals surface area contributed by atoms with Crippen molar-refractivity contribution in [1.82, 2.24) is 5.32 Å². The molecule has 2 rings (SSSR count). The van der Waals surface area contributed by atoms with Crippen LogP contribution in [0.5, 0.6) is 0 Å². The normalized spacial score (nSPS) is 26.0. The molecular weight excluding hydrogens is 250 g/mol. The van der Waals surface area contributed by atoms with Crippen molar-refractivity contribution in [2.24, 2.45) is 5.41 Å². The molecule has 3 heteroatoms. The van der Waals surface area contributed by atoms with Gasteiger partial charge in [0, 0.05) is 13.0 Å². The average molecular weight is 273 g/mol. The number of carbonyl (C=O) groups excluding carboxylic acids is 1. The van der Waals surface area contributed by atoms with Gasteiger partial charge in [0.25, 0.3) is 0 Å². The summed E-state index contributed by atoms with van der Waals surface area (Å²) in [6.45, 7) is 6.39. The molecule has 1 aliphatic carbocycles. The maximum atomic E-state index is 12.0. The minimum Gasteiger partial charge on any atom is -0.391 e. The first-order valence-corrected chi connectivity index (χ1v) is 7.07. The Morgan fingerprint density at radius 2 is 1.95 bits per heavy atom. The number of benzene rings is 1. The number of nitrogens with one attached hydrogen (secondary N) is 1. The third-order valence-electron chi connectivity index (χ3n) is 4.01. The Bertz CT molecular complexity index is 505. The van der Waals surface area contributed by atoms with E-state index in [1.165, 1.54) is 5.56 Å². The summed E-state index contributed by atoms with van der Waals surface area (Å²) in [4.78, 5) is 12.0. The number of rotatable bonds is 3. The number of aliphatic hydroxyl groups excluding tert-OH is 1. The van der Waals surface area contributed by atoms with Crippen molar-refractivity contribution in [2.45, 2.75) is 45.9 Å². The molecule has 1 aliphatic rings. The van der Waals surface area contributed by atoms with Crippen molar-refractivity contribution in [2.75, 3.05) is 0 Å². The van der Waals surface area contributed by atoms with Crippen LogP contribution in [-0.4, -0.2) is 23.0 Å². The highest BCUT2D eigenvalue weighted by Crippen LogP contribution is 2.32. The number of hydrogen-bond acceptors (Lipinski definition) is 3. The Kier molecular flexibility index (Phi) is 4.41. The Morgan fingerprint density at radius 3 is 2.60 bits per heavy atom. The number of hydrogen-bond donors (Lipinski definition) is 2. The summed E-state index contributed by atoms with van der Waals surface area (Å²) in [5.74, 6) is 0.123. The Hall–Kier alpha value is -1.45. The van der Waals surface area contributed by atoms with Crippen LogP contribution in [0.15, 0.2) is 42.0 Å². The molecule has 0 heterocycles. The van der Waals surface area contributed by atoms with Gasteiger partial charge in [-0.3, -0.25) is 4.79 Å². The number of aliphatic hydroxyl groups is 1. The van der Waals surface area contributed by atoms with Gasteiger partial charge in [-0.1, -0.05) is 50.3 Å². The van der Waals surface area contributed by atoms with E-state index in [9.17, 15) is 9.90 Å². The standard InChI is InChI=1S/C17H23NO2/c1-12-9-14(16(20)17(2,3)10-15(12)19)18-11-13-7-5-4-6-8-13/h4-9,14,16,18,20H,10-11H2,1-3H3. The molecule has 0 spiro atoms. The lowest BCUT2D eigenvalue weighted by Crippen LogP contribution is -2.45. The van der Waals surface area contributed by atoms with E-state index in [4.69, 9.17) is 0 Å². The van der Waals surface area contributed by atoms with Gasteiger partial charge in [0.2, 0.25) is 0 Å². The summed E-state index contributed by atoms with van der Waals surface area (Å²) < 4.78 is 0. The van der Waals surface area contributed by atoms with Crippen molar-refractivity contribution < 1.29 is 9.90 Å². The summed E-state index contributed by atoms with van der Waals surface area (Å²) in [5, 5.41) is 13.9. The van der Waals surface area contributed by atoms with Crippen LogP contribution in [0.25, 0.3) is 0 Å². The molecule has 0 bridgehead atoms. The van der Waals surface area contributed by atoms with Gasteiger partial charge in [-0.05, 0) is 23.5 Å². The van der Waals surface area contributed by atoms with Crippen LogP contribution in [0.1, 0.15) is 32.8 Å². The van der Waals surface area contributed by atoms with E-state index in [0.29, 0.717) is 13.0 Å². The van der Waals surface area contributed by atoms with E-state index in [1.54, 1.807) is 0 Å². The minimum atomic E-state index is -0.576. The van der Waals surface area contributed by atoms with Gasteiger partial charge < -0.3 is 10.4 Å². The molecule has 0 radical (unpaired) electrons. The summed E-state index contributed by atoms with van der Waals surface area (Å²) in [5.41, 5.74) is 1.49. The summed E-state index contributed by atoms with van der Waals surface area (Å²) in [6.07, 6.45) is 1.68. The van der Waals surface area contributed by atoms with Gasteiger partial charge in [-0.15, -0.1) is 0 Å². The lowest BCUT2D eigenvalue weighted by atomic mass is 9.80. The lowest BCUT2D eigenvalue weighted by Gasteiger charge is -2.33. The predicted octanol–water partition coefficient (Wildman–Crippen LogP) is 2.45. The fraction of sp³-hybridized carbons (Fsp3) is 0.471. The van der Waals surface area contributed by atoms with Gasteiger partial charge >= 0.3 is 0 Å². The Labute approximate surface area is 120 Å². The molecule has 0 saturated heterocycles. The van der Waals surface area contributed by atoms with Crippen molar-refractivity contribution in [3.8, 4) is 0 Å². The molecule has 0 aliphatic heterocycles. The topological polar surface area (TPSA) is 49.3 Å². The monoisotopic (exact) mass is 273 g/mol. The van der Waals surface area contributed by atoms with Gasteiger partial charge in [0.1, 0.15) is 0 Å². The molecule has 20 heavy (non-hydrogen) atoms. The third-order valence-corrected chi connectivity index (χ3v) is 4.01. The zero-order chi connectivity index (χ0) is 14.8. The second-order valence-corrected chi connectivity index (χ2v) is 6.28. The summed E-state index contributed by atoms with van der Waals surface area (Å²) in [7, 11) is 0. The predicted molar refractivity (Wildman–Crippen MR) is 80.2 cm³/mol. The lowest BCUT2D eigenvalue weighted by molar-refractivity contribution is -0.118. The van der Waals surface area contributed by atoms with E-state index in [1.807, 2.05) is 57.2 Å². The van der Waals surface area contributed by atoms with E-state index < -0.39 is 11.5 Å². The Morgan fingerprint density at radius 1 is 1.30 bits per heavy atom. The van der Waals surface area contributed by atoms with Crippen molar-refractivity contribution in [3.63, 3.8) is 0 Å². The highest BCUT2D eigenvalue weighted by Gasteiger charge is 2.37. The van der Waals surface area contributed by atoms with Gasteiger partial charge in [-0.2, -0.15) is 0 Å². The fourth-order valence-electron chi connectivity index (χ4n) is 2.60.